The van der Waals surface area contributed by atoms with Crippen LogP contribution in [0, 0.1) is 0 Å². The molecule has 0 saturated heterocycles. The largest absolute Gasteiger partial charge is 1.00 e. The van der Waals surface area contributed by atoms with Crippen molar-refractivity contribution in [1.82, 2.24) is 0 Å². The fourth-order valence-corrected chi connectivity index (χ4v) is 2.67. The maximum Gasteiger partial charge on any atom is 0.177 e. The lowest BCUT2D eigenvalue weighted by molar-refractivity contribution is -0.930. The van der Waals surface area contributed by atoms with E-state index >= 15 is 0 Å². The SMILES string of the molecule is C[C@@H]([C@H](O)c1ccccc1)[N+](C)(C)Cc1ccc[n+](C)c1.[I-].[I-]. The first kappa shape index (κ1) is 22.8. The molecule has 0 bridgehead atoms. The van der Waals surface area contributed by atoms with Crippen molar-refractivity contribution in [2.75, 3.05) is 14.1 Å². The number of hydrogen-bond donors (Lipinski definition) is 1. The molecule has 0 aliphatic rings. The van der Waals surface area contributed by atoms with Gasteiger partial charge >= 0.3 is 0 Å². The lowest BCUT2D eigenvalue weighted by Gasteiger charge is -2.38. The molecule has 0 spiro atoms. The van der Waals surface area contributed by atoms with E-state index < -0.39 is 6.10 Å². The number of benzene rings is 1. The number of aliphatic hydroxyl groups is 1. The Hall–Kier alpha value is -0.250. The Kier molecular flexibility index (Phi) is 9.80. The number of hydrogen-bond acceptors (Lipinski definition) is 1. The molecule has 1 aromatic carbocycles. The summed E-state index contributed by atoms with van der Waals surface area (Å²) in [5.74, 6) is 0. The summed E-state index contributed by atoms with van der Waals surface area (Å²) >= 11 is 0. The molecule has 0 amide bonds. The van der Waals surface area contributed by atoms with E-state index in [2.05, 4.69) is 43.9 Å². The molecule has 0 saturated carbocycles. The number of nitrogens with zero attached hydrogens (tertiary/aromatic N) is 2. The molecule has 3 nitrogen and oxygen atoms in total. The van der Waals surface area contributed by atoms with Gasteiger partial charge in [0.25, 0.3) is 0 Å². The summed E-state index contributed by atoms with van der Waals surface area (Å²) < 4.78 is 2.80. The van der Waals surface area contributed by atoms with Crippen molar-refractivity contribution in [3.63, 3.8) is 0 Å². The fraction of sp³-hybridized carbons (Fsp3) is 0.389. The number of rotatable bonds is 5. The van der Waals surface area contributed by atoms with Gasteiger partial charge in [-0.1, -0.05) is 30.3 Å². The number of likely N-dealkylation sites (N-methyl/N-ethyl adjacent to an activating group) is 1. The highest BCUT2D eigenvalue weighted by atomic mass is 127. The Bertz CT molecular complexity index is 591. The second-order valence-corrected chi connectivity index (χ2v) is 6.41. The summed E-state index contributed by atoms with van der Waals surface area (Å²) in [4.78, 5) is 0. The van der Waals surface area contributed by atoms with Crippen molar-refractivity contribution < 1.29 is 62.1 Å². The normalized spacial score (nSPS) is 13.4. The van der Waals surface area contributed by atoms with E-state index in [-0.39, 0.29) is 54.0 Å². The minimum atomic E-state index is -0.460. The van der Waals surface area contributed by atoms with Crippen LogP contribution in [0.2, 0.25) is 0 Å². The van der Waals surface area contributed by atoms with Crippen LogP contribution in [0.25, 0.3) is 0 Å². The average molecular weight is 540 g/mol. The van der Waals surface area contributed by atoms with Gasteiger partial charge in [0.15, 0.2) is 12.4 Å². The molecule has 0 fully saturated rings. The van der Waals surface area contributed by atoms with E-state index in [1.54, 1.807) is 0 Å². The maximum absolute atomic E-state index is 10.6. The Balaban J connectivity index is 0.00000242. The lowest BCUT2D eigenvalue weighted by Crippen LogP contribution is -3.00. The Morgan fingerprint density at radius 3 is 2.22 bits per heavy atom. The van der Waals surface area contributed by atoms with E-state index in [0.29, 0.717) is 0 Å². The molecular formula is C18H26I2N2O. The summed E-state index contributed by atoms with van der Waals surface area (Å²) in [5, 5.41) is 10.6. The molecular weight excluding hydrogens is 514 g/mol. The van der Waals surface area contributed by atoms with Crippen molar-refractivity contribution in [3.05, 3.63) is 66.0 Å². The Labute approximate surface area is 174 Å². The molecule has 0 aliphatic carbocycles. The van der Waals surface area contributed by atoms with Crippen LogP contribution in [0.4, 0.5) is 0 Å². The van der Waals surface area contributed by atoms with Gasteiger partial charge < -0.3 is 57.5 Å². The average Bonchev–Trinajstić information content (AvgIpc) is 2.46. The van der Waals surface area contributed by atoms with Crippen LogP contribution in [0.3, 0.4) is 0 Å². The number of quaternary nitrogens is 1. The minimum absolute atomic E-state index is 0. The molecule has 5 heteroatoms. The zero-order valence-corrected chi connectivity index (χ0v) is 18.5. The van der Waals surface area contributed by atoms with E-state index in [1.165, 1.54) is 5.56 Å². The predicted octanol–water partition coefficient (Wildman–Crippen LogP) is -3.78. The molecule has 1 N–H and O–H groups in total. The molecule has 1 heterocycles. The zero-order valence-electron chi connectivity index (χ0n) is 14.2. The van der Waals surface area contributed by atoms with Crippen LogP contribution in [0.5, 0.6) is 0 Å². The van der Waals surface area contributed by atoms with Gasteiger partial charge in [-0.2, -0.15) is 0 Å². The topological polar surface area (TPSA) is 24.1 Å². The monoisotopic (exact) mass is 540 g/mol. The van der Waals surface area contributed by atoms with Crippen LogP contribution in [0.15, 0.2) is 54.9 Å². The highest BCUT2D eigenvalue weighted by molar-refractivity contribution is 5.18. The van der Waals surface area contributed by atoms with E-state index in [9.17, 15) is 5.11 Å². The van der Waals surface area contributed by atoms with Crippen molar-refractivity contribution in [3.8, 4) is 0 Å². The Morgan fingerprint density at radius 2 is 1.65 bits per heavy atom. The third-order valence-corrected chi connectivity index (χ3v) is 4.29. The first-order chi connectivity index (χ1) is 9.90. The van der Waals surface area contributed by atoms with E-state index in [4.69, 9.17) is 0 Å². The highest BCUT2D eigenvalue weighted by Crippen LogP contribution is 2.25. The van der Waals surface area contributed by atoms with Crippen LogP contribution < -0.4 is 52.5 Å². The molecule has 128 valence electrons. The van der Waals surface area contributed by atoms with Crippen molar-refractivity contribution in [1.29, 1.82) is 0 Å². The maximum atomic E-state index is 10.6. The van der Waals surface area contributed by atoms with Gasteiger partial charge in [0.2, 0.25) is 0 Å². The minimum Gasteiger partial charge on any atom is -1.00 e. The zero-order chi connectivity index (χ0) is 15.5. The number of pyridine rings is 1. The van der Waals surface area contributed by atoms with Gasteiger partial charge in [0.1, 0.15) is 25.7 Å². The first-order valence-electron chi connectivity index (χ1n) is 7.40. The predicted molar refractivity (Wildman–Crippen MR) is 84.3 cm³/mol. The van der Waals surface area contributed by atoms with Crippen LogP contribution >= 0.6 is 0 Å². The van der Waals surface area contributed by atoms with Gasteiger partial charge in [-0.05, 0) is 18.6 Å². The second-order valence-electron chi connectivity index (χ2n) is 6.41. The van der Waals surface area contributed by atoms with E-state index in [0.717, 1.165) is 16.6 Å². The van der Waals surface area contributed by atoms with Gasteiger partial charge in [-0.15, -0.1) is 0 Å². The summed E-state index contributed by atoms with van der Waals surface area (Å²) in [6, 6.07) is 14.2. The number of halogens is 2. The van der Waals surface area contributed by atoms with Crippen LogP contribution in [0.1, 0.15) is 24.2 Å². The smallest absolute Gasteiger partial charge is 0.177 e. The van der Waals surface area contributed by atoms with Crippen molar-refractivity contribution in [2.45, 2.75) is 25.6 Å². The van der Waals surface area contributed by atoms with Crippen LogP contribution in [-0.2, 0) is 13.6 Å². The Morgan fingerprint density at radius 1 is 1.04 bits per heavy atom. The van der Waals surface area contributed by atoms with Gasteiger partial charge in [-0.3, -0.25) is 0 Å². The summed E-state index contributed by atoms with van der Waals surface area (Å²) in [6.07, 6.45) is 3.71. The number of aromatic nitrogens is 1. The fourth-order valence-electron chi connectivity index (χ4n) is 2.67. The highest BCUT2D eigenvalue weighted by Gasteiger charge is 2.32. The molecule has 0 aliphatic heterocycles. The molecule has 0 unspecified atom stereocenters. The lowest BCUT2D eigenvalue weighted by atomic mass is 10.0. The summed E-state index contributed by atoms with van der Waals surface area (Å²) in [6.45, 7) is 3.00. The third-order valence-electron chi connectivity index (χ3n) is 4.29. The molecule has 23 heavy (non-hydrogen) atoms. The quantitative estimate of drug-likeness (QED) is 0.235. The first-order valence-corrected chi connectivity index (χ1v) is 7.40. The standard InChI is InChI=1S/C18H26N2O.2HI/c1-15(18(21)17-10-6-5-7-11-17)20(3,4)14-16-9-8-12-19(2)13-16;;/h5-13,15,18,21H,14H2,1-4H3;2*1H/q+2;;/p-2/t15-,18-;;/m0../s1. The number of aryl methyl sites for hydroxylation is 1. The van der Waals surface area contributed by atoms with Crippen molar-refractivity contribution >= 4 is 0 Å². The van der Waals surface area contributed by atoms with E-state index in [1.807, 2.05) is 43.6 Å². The third kappa shape index (κ3) is 6.28. The van der Waals surface area contributed by atoms with Gasteiger partial charge in [0, 0.05) is 6.07 Å². The summed E-state index contributed by atoms with van der Waals surface area (Å²) in [5.41, 5.74) is 2.26. The number of aliphatic hydroxyl groups excluding tert-OH is 1. The van der Waals surface area contributed by atoms with Gasteiger partial charge in [0.05, 0.1) is 19.7 Å². The molecule has 2 atom stereocenters. The molecule has 0 radical (unpaired) electrons. The molecule has 2 rings (SSSR count). The second kappa shape index (κ2) is 9.90. The molecule has 2 aromatic rings. The summed E-state index contributed by atoms with van der Waals surface area (Å²) in [7, 11) is 6.37. The molecule has 1 aromatic heterocycles. The van der Waals surface area contributed by atoms with Gasteiger partial charge in [-0.25, -0.2) is 4.57 Å². The van der Waals surface area contributed by atoms with Crippen LogP contribution in [-0.4, -0.2) is 29.7 Å². The van der Waals surface area contributed by atoms with Crippen molar-refractivity contribution in [2.24, 2.45) is 7.05 Å².